The molecule has 0 unspecified atom stereocenters. The number of carbonyl (C=O) groups is 1. The molecule has 1 N–H and O–H groups in total. The van der Waals surface area contributed by atoms with Crippen molar-refractivity contribution in [1.82, 2.24) is 10.3 Å². The van der Waals surface area contributed by atoms with Gasteiger partial charge < -0.3 is 5.32 Å². The van der Waals surface area contributed by atoms with Crippen LogP contribution in [0.2, 0.25) is 0 Å². The average Bonchev–Trinajstić information content (AvgIpc) is 2.42. The van der Waals surface area contributed by atoms with Gasteiger partial charge in [0.1, 0.15) is 5.69 Å². The van der Waals surface area contributed by atoms with Crippen molar-refractivity contribution in [2.45, 2.75) is 39.0 Å². The van der Waals surface area contributed by atoms with Crippen molar-refractivity contribution in [3.63, 3.8) is 0 Å². The molecule has 1 rings (SSSR count). The second-order valence-electron chi connectivity index (χ2n) is 4.35. The van der Waals surface area contributed by atoms with Gasteiger partial charge in [-0.2, -0.15) is 0 Å². The van der Waals surface area contributed by atoms with E-state index in [2.05, 4.69) is 23.8 Å². The first-order chi connectivity index (χ1) is 8.77. The summed E-state index contributed by atoms with van der Waals surface area (Å²) in [5, 5.41) is 2.89. The molecule has 3 nitrogen and oxygen atoms in total. The minimum atomic E-state index is -0.103. The zero-order valence-electron chi connectivity index (χ0n) is 11.1. The topological polar surface area (TPSA) is 42.0 Å². The summed E-state index contributed by atoms with van der Waals surface area (Å²) in [4.78, 5) is 15.8. The number of nitrogens with one attached hydrogen (secondary N) is 1. The maximum Gasteiger partial charge on any atom is 0.269 e. The van der Waals surface area contributed by atoms with E-state index in [1.807, 2.05) is 6.07 Å². The molecule has 0 radical (unpaired) electrons. The molecule has 0 aliphatic carbocycles. The van der Waals surface area contributed by atoms with Crippen molar-refractivity contribution in [1.29, 1.82) is 0 Å². The van der Waals surface area contributed by atoms with Crippen LogP contribution in [0.3, 0.4) is 0 Å². The Hall–Kier alpha value is -1.64. The Balaban J connectivity index is 2.29. The van der Waals surface area contributed by atoms with Crippen LogP contribution in [0.1, 0.15) is 55.1 Å². The second-order valence-corrected chi connectivity index (χ2v) is 4.35. The van der Waals surface area contributed by atoms with Crippen LogP contribution in [0.25, 0.3) is 6.08 Å². The molecule has 0 atom stereocenters. The summed E-state index contributed by atoms with van der Waals surface area (Å²) >= 11 is 0. The molecule has 3 heteroatoms. The highest BCUT2D eigenvalue weighted by atomic mass is 16.1. The number of carbonyl (C=O) groups excluding carboxylic acids is 1. The molecule has 0 fully saturated rings. The highest BCUT2D eigenvalue weighted by Gasteiger charge is 2.05. The van der Waals surface area contributed by atoms with E-state index < -0.39 is 0 Å². The maximum atomic E-state index is 11.8. The molecular weight excluding hydrogens is 224 g/mol. The number of hydrogen-bond acceptors (Lipinski definition) is 2. The summed E-state index contributed by atoms with van der Waals surface area (Å²) in [6, 6.07) is 3.58. The molecule has 0 aromatic carbocycles. The molecule has 18 heavy (non-hydrogen) atoms. The molecule has 98 valence electrons. The Morgan fingerprint density at radius 3 is 2.89 bits per heavy atom. The molecule has 0 aliphatic heterocycles. The van der Waals surface area contributed by atoms with E-state index in [1.54, 1.807) is 18.3 Å². The normalized spacial score (nSPS) is 10.1. The van der Waals surface area contributed by atoms with Crippen molar-refractivity contribution in [2.24, 2.45) is 0 Å². The smallest absolute Gasteiger partial charge is 0.269 e. The van der Waals surface area contributed by atoms with Crippen LogP contribution in [0.5, 0.6) is 0 Å². The number of pyridine rings is 1. The van der Waals surface area contributed by atoms with Gasteiger partial charge in [0.25, 0.3) is 5.91 Å². The zero-order chi connectivity index (χ0) is 13.2. The molecule has 0 bridgehead atoms. The van der Waals surface area contributed by atoms with E-state index in [-0.39, 0.29) is 5.91 Å². The first-order valence-electron chi connectivity index (χ1n) is 6.64. The SMILES string of the molecule is C=Cc1ccnc(C(=O)NCCCCCCC)c1. The first kappa shape index (κ1) is 14.4. The number of nitrogens with zero attached hydrogens (tertiary/aromatic N) is 1. The third-order valence-electron chi connectivity index (χ3n) is 2.82. The molecule has 1 aromatic heterocycles. The fraction of sp³-hybridized carbons (Fsp3) is 0.467. The van der Waals surface area contributed by atoms with E-state index in [4.69, 9.17) is 0 Å². The van der Waals surface area contributed by atoms with E-state index in [1.165, 1.54) is 25.7 Å². The Kier molecular flexibility index (Phi) is 6.77. The number of rotatable bonds is 8. The minimum absolute atomic E-state index is 0.103. The van der Waals surface area contributed by atoms with Gasteiger partial charge >= 0.3 is 0 Å². The highest BCUT2D eigenvalue weighted by Crippen LogP contribution is 2.04. The lowest BCUT2D eigenvalue weighted by molar-refractivity contribution is 0.0948. The Bertz CT molecular complexity index is 388. The number of hydrogen-bond donors (Lipinski definition) is 1. The van der Waals surface area contributed by atoms with Gasteiger partial charge in [-0.05, 0) is 24.1 Å². The van der Waals surface area contributed by atoms with E-state index >= 15 is 0 Å². The van der Waals surface area contributed by atoms with Crippen LogP contribution in [0.4, 0.5) is 0 Å². The van der Waals surface area contributed by atoms with Gasteiger partial charge in [0, 0.05) is 12.7 Å². The Morgan fingerprint density at radius 2 is 2.17 bits per heavy atom. The average molecular weight is 246 g/mol. The predicted octanol–water partition coefficient (Wildman–Crippen LogP) is 3.42. The fourth-order valence-electron chi connectivity index (χ4n) is 1.72. The van der Waals surface area contributed by atoms with Crippen LogP contribution < -0.4 is 5.32 Å². The molecule has 0 saturated heterocycles. The lowest BCUT2D eigenvalue weighted by Gasteiger charge is -2.05. The van der Waals surface area contributed by atoms with Crippen molar-refractivity contribution in [3.05, 3.63) is 36.2 Å². The van der Waals surface area contributed by atoms with Gasteiger partial charge in [-0.25, -0.2) is 0 Å². The molecular formula is C15H22N2O. The van der Waals surface area contributed by atoms with Crippen molar-refractivity contribution in [2.75, 3.05) is 6.54 Å². The molecule has 1 aromatic rings. The standard InChI is InChI=1S/C15H22N2O/c1-3-5-6-7-8-10-17-15(18)14-12-13(4-2)9-11-16-14/h4,9,11-12H,2-3,5-8,10H2,1H3,(H,17,18). The molecule has 0 spiro atoms. The third kappa shape index (κ3) is 5.13. The lowest BCUT2D eigenvalue weighted by atomic mass is 10.1. The number of aromatic nitrogens is 1. The lowest BCUT2D eigenvalue weighted by Crippen LogP contribution is -2.25. The van der Waals surface area contributed by atoms with Crippen LogP contribution in [-0.4, -0.2) is 17.4 Å². The van der Waals surface area contributed by atoms with Gasteiger partial charge in [-0.15, -0.1) is 0 Å². The van der Waals surface area contributed by atoms with Gasteiger partial charge in [0.05, 0.1) is 0 Å². The molecule has 0 saturated carbocycles. The third-order valence-corrected chi connectivity index (χ3v) is 2.82. The Labute approximate surface area is 109 Å². The van der Waals surface area contributed by atoms with Crippen molar-refractivity contribution >= 4 is 12.0 Å². The largest absolute Gasteiger partial charge is 0.351 e. The van der Waals surface area contributed by atoms with Gasteiger partial charge in [0.2, 0.25) is 0 Å². The van der Waals surface area contributed by atoms with Gasteiger partial charge in [0.15, 0.2) is 0 Å². The Morgan fingerprint density at radius 1 is 1.39 bits per heavy atom. The van der Waals surface area contributed by atoms with Crippen LogP contribution in [-0.2, 0) is 0 Å². The maximum absolute atomic E-state index is 11.8. The van der Waals surface area contributed by atoms with E-state index in [0.717, 1.165) is 18.5 Å². The molecule has 1 heterocycles. The van der Waals surface area contributed by atoms with Crippen molar-refractivity contribution < 1.29 is 4.79 Å². The highest BCUT2D eigenvalue weighted by molar-refractivity contribution is 5.92. The van der Waals surface area contributed by atoms with Crippen LogP contribution in [0.15, 0.2) is 24.9 Å². The van der Waals surface area contributed by atoms with E-state index in [9.17, 15) is 4.79 Å². The van der Waals surface area contributed by atoms with E-state index in [0.29, 0.717) is 5.69 Å². The fourth-order valence-corrected chi connectivity index (χ4v) is 1.72. The first-order valence-corrected chi connectivity index (χ1v) is 6.64. The summed E-state index contributed by atoms with van der Waals surface area (Å²) in [6.07, 6.45) is 9.32. The summed E-state index contributed by atoms with van der Waals surface area (Å²) in [6.45, 7) is 6.60. The molecule has 0 aliphatic rings. The predicted molar refractivity (Wildman–Crippen MR) is 75.4 cm³/mol. The quantitative estimate of drug-likeness (QED) is 0.714. The second kappa shape index (κ2) is 8.45. The number of amides is 1. The molecule has 1 amide bonds. The summed E-state index contributed by atoms with van der Waals surface area (Å²) in [5.41, 5.74) is 1.37. The van der Waals surface area contributed by atoms with Crippen LogP contribution in [0, 0.1) is 0 Å². The van der Waals surface area contributed by atoms with Crippen molar-refractivity contribution in [3.8, 4) is 0 Å². The monoisotopic (exact) mass is 246 g/mol. The van der Waals surface area contributed by atoms with Crippen LogP contribution >= 0.6 is 0 Å². The van der Waals surface area contributed by atoms with Gasteiger partial charge in [-0.3, -0.25) is 9.78 Å². The summed E-state index contributed by atoms with van der Waals surface area (Å²) < 4.78 is 0. The zero-order valence-corrected chi connectivity index (χ0v) is 11.1. The summed E-state index contributed by atoms with van der Waals surface area (Å²) in [7, 11) is 0. The summed E-state index contributed by atoms with van der Waals surface area (Å²) in [5.74, 6) is -0.103. The minimum Gasteiger partial charge on any atom is -0.351 e. The van der Waals surface area contributed by atoms with Gasteiger partial charge in [-0.1, -0.05) is 45.3 Å². The number of unbranched alkanes of at least 4 members (excludes halogenated alkanes) is 4.